The molecule has 15 N–H and O–H groups in total. The first kappa shape index (κ1) is 79.5. The lowest BCUT2D eigenvalue weighted by atomic mass is 9.94. The van der Waals surface area contributed by atoms with E-state index in [1.807, 2.05) is 45.0 Å². The quantitative estimate of drug-likeness (QED) is 0.0133. The Hall–Kier alpha value is -9.80. The van der Waals surface area contributed by atoms with E-state index in [-0.39, 0.29) is 87.9 Å². The van der Waals surface area contributed by atoms with Crippen LogP contribution in [-0.4, -0.2) is 175 Å². The van der Waals surface area contributed by atoms with Crippen molar-refractivity contribution in [2.75, 3.05) is 32.7 Å². The number of nitrogens with zero attached hydrogens (tertiary/aromatic N) is 4. The number of H-pyrrole nitrogens is 1. The third kappa shape index (κ3) is 21.9. The minimum Gasteiger partial charge on any atom is -0.487 e. The number of amides is 9. The van der Waals surface area contributed by atoms with E-state index in [0.717, 1.165) is 29.3 Å². The van der Waals surface area contributed by atoms with Crippen molar-refractivity contribution in [1.82, 2.24) is 56.7 Å². The van der Waals surface area contributed by atoms with Crippen LogP contribution in [-0.2, 0) is 72.4 Å². The van der Waals surface area contributed by atoms with E-state index in [1.165, 1.54) is 23.6 Å². The van der Waals surface area contributed by atoms with Gasteiger partial charge >= 0.3 is 0 Å². The Morgan fingerprint density at radius 3 is 1.87 bits per heavy atom. The molecule has 2 fully saturated rings. The maximum absolute atomic E-state index is 15.1. The number of ether oxygens (including phenoxy) is 1. The number of carbonyl (C=O) groups excluding carboxylic acids is 9. The number of para-hydroxylation sites is 1. The van der Waals surface area contributed by atoms with Gasteiger partial charge in [-0.15, -0.1) is 13.2 Å². The predicted octanol–water partition coefficient (Wildman–Crippen LogP) is 3.48. The van der Waals surface area contributed by atoms with Crippen LogP contribution in [0.25, 0.3) is 10.9 Å². The van der Waals surface area contributed by atoms with E-state index in [1.54, 1.807) is 62.5 Å². The van der Waals surface area contributed by atoms with Gasteiger partial charge in [-0.05, 0) is 165 Å². The average Bonchev–Trinajstić information content (AvgIpc) is 1.44. The van der Waals surface area contributed by atoms with Crippen molar-refractivity contribution in [3.05, 3.63) is 119 Å². The second-order valence-corrected chi connectivity index (χ2v) is 28.8. The molecule has 554 valence electrons. The Morgan fingerprint density at radius 1 is 0.657 bits per heavy atom. The molecule has 0 bridgehead atoms. The Kier molecular flexibility index (Phi) is 29.0. The van der Waals surface area contributed by atoms with E-state index in [2.05, 4.69) is 70.1 Å². The van der Waals surface area contributed by atoms with Crippen LogP contribution in [0.15, 0.2) is 101 Å². The number of aromatic amines is 1. The van der Waals surface area contributed by atoms with Crippen LogP contribution >= 0.6 is 0 Å². The third-order valence-electron chi connectivity index (χ3n) is 18.7. The fourth-order valence-electron chi connectivity index (χ4n) is 13.4. The van der Waals surface area contributed by atoms with Crippen LogP contribution in [0, 0.1) is 20.8 Å². The molecule has 2 saturated heterocycles. The smallest absolute Gasteiger partial charge is 0.264 e. The summed E-state index contributed by atoms with van der Waals surface area (Å²) in [6, 6.07) is 6.87. The first-order chi connectivity index (χ1) is 48.5. The number of aliphatic imine (C=N–C) groups is 2. The number of likely N-dealkylation sites (tertiary alicyclic amines) is 2. The average molecular weight is 1430 g/mol. The van der Waals surface area contributed by atoms with Crippen molar-refractivity contribution < 1.29 is 56.3 Å². The molecule has 0 saturated carbocycles. The second kappa shape index (κ2) is 37.2. The molecule has 8 atom stereocenters. The number of hydrogen-bond acceptors (Lipinski definition) is 14. The molecule has 28 nitrogen and oxygen atoms in total. The summed E-state index contributed by atoms with van der Waals surface area (Å²) in [5, 5.41) is 20.5. The van der Waals surface area contributed by atoms with Crippen LogP contribution in [0.5, 0.6) is 5.75 Å². The number of carbonyl (C=O) groups is 9. The highest BCUT2D eigenvalue weighted by molar-refractivity contribution is 7.90. The summed E-state index contributed by atoms with van der Waals surface area (Å²) < 4.78 is 36.6. The van der Waals surface area contributed by atoms with Gasteiger partial charge in [-0.25, -0.2) is 13.1 Å². The van der Waals surface area contributed by atoms with E-state index >= 15 is 4.79 Å². The normalized spacial score (nSPS) is 17.3. The molecule has 7 rings (SSSR count). The molecule has 3 aliphatic heterocycles. The van der Waals surface area contributed by atoms with Crippen molar-refractivity contribution in [2.24, 2.45) is 27.2 Å². The van der Waals surface area contributed by atoms with Gasteiger partial charge in [0.1, 0.15) is 59.7 Å². The molecule has 0 aliphatic carbocycles. The van der Waals surface area contributed by atoms with Gasteiger partial charge in [-0.3, -0.25) is 53.1 Å². The van der Waals surface area contributed by atoms with Crippen LogP contribution < -0.4 is 63.9 Å². The van der Waals surface area contributed by atoms with Gasteiger partial charge < -0.3 is 73.9 Å². The fourth-order valence-corrected chi connectivity index (χ4v) is 14.9. The number of guanidine groups is 2. The van der Waals surface area contributed by atoms with Crippen molar-refractivity contribution >= 4 is 86.0 Å². The van der Waals surface area contributed by atoms with E-state index in [4.69, 9.17) is 21.9 Å². The molecule has 1 aromatic heterocycles. The highest BCUT2D eigenvalue weighted by atomic mass is 32.2. The van der Waals surface area contributed by atoms with Gasteiger partial charge in [0, 0.05) is 81.6 Å². The molecule has 9 amide bonds. The van der Waals surface area contributed by atoms with Crippen LogP contribution in [0.3, 0.4) is 0 Å². The summed E-state index contributed by atoms with van der Waals surface area (Å²) in [4.78, 5) is 143. The van der Waals surface area contributed by atoms with E-state index in [0.29, 0.717) is 91.5 Å². The second-order valence-electron chi connectivity index (χ2n) is 27.2. The summed E-state index contributed by atoms with van der Waals surface area (Å²) in [6.45, 7) is 20.2. The Morgan fingerprint density at radius 2 is 1.22 bits per heavy atom. The SMILES string of the molecule is C=CCCCCNC(=O)[C@@H]1CCCN1C(=O)[C@H](CCCN=C(N)NS(=O)(=O)c1c(C)c(C)c2c(c1C)CC(C)(C)O2)NC(=O)[C@H](C)NC(=O)[C@@H]1CCCN1C(=O)[C@H](Cc1ccccc1)NC(=O)[C@H](CCCC=C)NC(=O)[C@H](Cc1c[nH]c2ccccc12)NC(=O)[C@H](CCCN=C(N)N)NC(C)=O. The number of fused-ring (bicyclic) bond motifs is 2. The summed E-state index contributed by atoms with van der Waals surface area (Å²) in [5.41, 5.74) is 21.4. The standard InChI is InChI=1S/C73H104N16O12S/c1-10-12-14-21-35-77-67(95)59-33-24-38-88(59)69(97)56(32-23-37-79-72(76)87-102(99,100)62-45(4)44(3)61-52(46(62)5)42-73(8,9)101-61)84-63(91)47(6)81-68(96)60-34-25-39-89(60)70(98)58(40-49-26-17-15-18-27-49)86-65(93)55(30-16-13-11-2)83-66(94)57(41-50-43-80-53-29-20-19-28-51(50)53)85-64(92)54(82-48(7)90)31-22-36-78-71(74)75/h10-11,15,17-20,26-29,43,47,54-60,80H,1-2,12-14,16,21-25,30-42H2,3-9H3,(H,77,95)(H,81,96)(H,82,90)(H,83,94)(H,84,91)(H,85,92)(H,86,93)(H4,74,75,78)(H3,76,79,87)/t47-,54-,55-,56-,57-,58-,59-,60-/m0/s1. The van der Waals surface area contributed by atoms with Gasteiger partial charge in [-0.2, -0.15) is 0 Å². The number of rotatable bonds is 37. The zero-order valence-electron chi connectivity index (χ0n) is 59.8. The van der Waals surface area contributed by atoms with E-state index in [9.17, 15) is 46.8 Å². The largest absolute Gasteiger partial charge is 0.487 e. The Labute approximate surface area is 597 Å². The summed E-state index contributed by atoms with van der Waals surface area (Å²) >= 11 is 0. The van der Waals surface area contributed by atoms with Gasteiger partial charge in [0.15, 0.2) is 5.96 Å². The number of nitrogens with two attached hydrogens (primary N) is 3. The van der Waals surface area contributed by atoms with Crippen LogP contribution in [0.2, 0.25) is 0 Å². The first-order valence-electron chi connectivity index (χ1n) is 35.2. The molecule has 102 heavy (non-hydrogen) atoms. The van der Waals surface area contributed by atoms with Gasteiger partial charge in [0.05, 0.1) is 4.90 Å². The Balaban J connectivity index is 1.07. The monoisotopic (exact) mass is 1430 g/mol. The third-order valence-corrected chi connectivity index (χ3v) is 20.3. The lowest BCUT2D eigenvalue weighted by Gasteiger charge is -2.31. The zero-order valence-corrected chi connectivity index (χ0v) is 60.7. The molecule has 0 unspecified atom stereocenters. The van der Waals surface area contributed by atoms with Crippen molar-refractivity contribution in [1.29, 1.82) is 0 Å². The molecule has 3 aromatic carbocycles. The molecular weight excluding hydrogens is 1320 g/mol. The van der Waals surface area contributed by atoms with Gasteiger partial charge in [-0.1, -0.05) is 60.7 Å². The fraction of sp³-hybridized carbons (Fsp3) is 0.521. The molecule has 0 radical (unpaired) electrons. The molecule has 0 spiro atoms. The van der Waals surface area contributed by atoms with Crippen molar-refractivity contribution in [3.8, 4) is 5.75 Å². The van der Waals surface area contributed by atoms with E-state index < -0.39 is 117 Å². The highest BCUT2D eigenvalue weighted by Gasteiger charge is 2.42. The van der Waals surface area contributed by atoms with Crippen molar-refractivity contribution in [3.63, 3.8) is 0 Å². The topological polar surface area (TPSA) is 418 Å². The van der Waals surface area contributed by atoms with Crippen LogP contribution in [0.4, 0.5) is 0 Å². The van der Waals surface area contributed by atoms with Gasteiger partial charge in [0.25, 0.3) is 10.0 Å². The number of hydrogen-bond donors (Lipinski definition) is 12. The Bertz CT molecular complexity index is 3870. The minimum absolute atomic E-state index is 0.0310. The highest BCUT2D eigenvalue weighted by Crippen LogP contribution is 2.44. The summed E-state index contributed by atoms with van der Waals surface area (Å²) in [7, 11) is -4.25. The first-order valence-corrected chi connectivity index (χ1v) is 36.7. The number of nitrogens with one attached hydrogen (secondary N) is 9. The molecule has 29 heteroatoms. The molecule has 3 aliphatic rings. The molecule has 4 heterocycles. The maximum atomic E-state index is 15.1. The maximum Gasteiger partial charge on any atom is 0.264 e. The van der Waals surface area contributed by atoms with Crippen molar-refractivity contribution in [2.45, 2.75) is 216 Å². The summed E-state index contributed by atoms with van der Waals surface area (Å²) in [5.74, 6) is -5.43. The lowest BCUT2D eigenvalue weighted by molar-refractivity contribution is -0.143. The number of unbranched alkanes of at least 4 members (excludes halogenated alkanes) is 3. The summed E-state index contributed by atoms with van der Waals surface area (Å²) in [6.07, 6.45) is 10.8. The number of sulfonamides is 1. The minimum atomic E-state index is -4.25. The molecule has 4 aromatic rings. The van der Waals surface area contributed by atoms with Crippen LogP contribution in [0.1, 0.15) is 151 Å². The number of allylic oxidation sites excluding steroid dienone is 2. The predicted molar refractivity (Wildman–Crippen MR) is 391 cm³/mol. The molecular formula is C73H104N16O12S. The lowest BCUT2D eigenvalue weighted by Crippen LogP contribution is -2.60. The number of benzene rings is 3. The zero-order chi connectivity index (χ0) is 74.4. The number of aromatic nitrogens is 1. The van der Waals surface area contributed by atoms with Gasteiger partial charge in [0.2, 0.25) is 59.1 Å².